The molecule has 0 bridgehead atoms. The number of hydrogen-bond acceptors (Lipinski definition) is 9. The minimum atomic E-state index is -1.39. The number of hydrogen-bond donors (Lipinski definition) is 2. The van der Waals surface area contributed by atoms with Gasteiger partial charge in [0.2, 0.25) is 5.71 Å². The number of nitrogens with zero attached hydrogens (tertiary/aromatic N) is 2. The van der Waals surface area contributed by atoms with Gasteiger partial charge in [-0.2, -0.15) is 0 Å². The van der Waals surface area contributed by atoms with Crippen molar-refractivity contribution in [3.8, 4) is 0 Å². The first-order valence-corrected chi connectivity index (χ1v) is 7.79. The van der Waals surface area contributed by atoms with E-state index in [-0.39, 0.29) is 23.9 Å². The van der Waals surface area contributed by atoms with Gasteiger partial charge in [-0.15, -0.1) is 11.3 Å². The fourth-order valence-electron chi connectivity index (χ4n) is 1.32. The van der Waals surface area contributed by atoms with Crippen LogP contribution in [0.25, 0.3) is 0 Å². The highest BCUT2D eigenvalue weighted by Crippen LogP contribution is 2.18. The number of rotatable bonds is 7. The van der Waals surface area contributed by atoms with Crippen LogP contribution >= 0.6 is 11.3 Å². The first-order valence-electron chi connectivity index (χ1n) is 6.91. The van der Waals surface area contributed by atoms with Gasteiger partial charge in [-0.1, -0.05) is 5.16 Å². The van der Waals surface area contributed by atoms with Crippen molar-refractivity contribution in [3.05, 3.63) is 11.1 Å². The maximum atomic E-state index is 11.7. The predicted molar refractivity (Wildman–Crippen MR) is 88.6 cm³/mol. The van der Waals surface area contributed by atoms with E-state index in [0.717, 1.165) is 11.3 Å². The van der Waals surface area contributed by atoms with Crippen molar-refractivity contribution in [2.45, 2.75) is 32.8 Å². The van der Waals surface area contributed by atoms with Crippen molar-refractivity contribution in [2.24, 2.45) is 5.16 Å². The van der Waals surface area contributed by atoms with Gasteiger partial charge in [0.25, 0.3) is 5.97 Å². The average molecular weight is 369 g/mol. The normalized spacial score (nSPS) is 11.6. The minimum absolute atomic E-state index is 0.0232. The highest BCUT2D eigenvalue weighted by molar-refractivity contribution is 7.14. The summed E-state index contributed by atoms with van der Waals surface area (Å²) in [5.41, 5.74) is -1.20. The summed E-state index contributed by atoms with van der Waals surface area (Å²) in [6.45, 7) is 4.88. The highest BCUT2D eigenvalue weighted by atomic mass is 32.1. The van der Waals surface area contributed by atoms with Crippen molar-refractivity contribution in [2.75, 3.05) is 11.9 Å². The smallest absolute Gasteiger partial charge is 0.413 e. The Kier molecular flexibility index (Phi) is 7.36. The lowest BCUT2D eigenvalue weighted by atomic mass is 10.2. The SMILES string of the molecule is [B]OC(=O)CCO/N=C(\C(=O)O)c1csc(NC(=O)OC(C)(C)C)n1. The lowest BCUT2D eigenvalue weighted by Crippen LogP contribution is -2.27. The molecule has 10 nitrogen and oxygen atoms in total. The molecule has 25 heavy (non-hydrogen) atoms. The van der Waals surface area contributed by atoms with Crippen molar-refractivity contribution in [1.82, 2.24) is 4.98 Å². The molecule has 0 aromatic carbocycles. The van der Waals surface area contributed by atoms with Crippen LogP contribution in [0.4, 0.5) is 9.93 Å². The fourth-order valence-corrected chi connectivity index (χ4v) is 2.01. The van der Waals surface area contributed by atoms with Gasteiger partial charge in [0.05, 0.1) is 6.42 Å². The van der Waals surface area contributed by atoms with Gasteiger partial charge in [0.1, 0.15) is 17.9 Å². The number of ether oxygens (including phenoxy) is 1. The molecule has 1 aromatic rings. The zero-order valence-corrected chi connectivity index (χ0v) is 14.6. The summed E-state index contributed by atoms with van der Waals surface area (Å²) in [6.07, 6.45) is -0.922. The van der Waals surface area contributed by atoms with Gasteiger partial charge >= 0.3 is 20.1 Å². The summed E-state index contributed by atoms with van der Waals surface area (Å²) in [5, 5.41) is 16.5. The topological polar surface area (TPSA) is 136 Å². The Morgan fingerprint density at radius 3 is 2.64 bits per heavy atom. The molecule has 0 atom stereocenters. The number of carboxylic acids is 1. The van der Waals surface area contributed by atoms with E-state index in [0.29, 0.717) is 0 Å². The Hall–Kier alpha value is -2.63. The van der Waals surface area contributed by atoms with Gasteiger partial charge < -0.3 is 19.3 Å². The van der Waals surface area contributed by atoms with Crippen LogP contribution in [0.15, 0.2) is 10.5 Å². The van der Waals surface area contributed by atoms with Crippen molar-refractivity contribution in [1.29, 1.82) is 0 Å². The predicted octanol–water partition coefficient (Wildman–Crippen LogP) is 1.31. The molecule has 1 aromatic heterocycles. The summed E-state index contributed by atoms with van der Waals surface area (Å²) in [5.74, 6) is -2.12. The van der Waals surface area contributed by atoms with Crippen LogP contribution in [0, 0.1) is 0 Å². The molecular formula is C13H16BN3O7S. The first-order chi connectivity index (χ1) is 11.6. The molecule has 1 rings (SSSR count). The molecule has 0 aliphatic carbocycles. The Bertz CT molecular complexity index is 669. The molecule has 2 radical (unpaired) electrons. The van der Waals surface area contributed by atoms with Crippen molar-refractivity contribution >= 4 is 48.3 Å². The van der Waals surface area contributed by atoms with E-state index >= 15 is 0 Å². The third-order valence-electron chi connectivity index (χ3n) is 2.24. The number of oxime groups is 1. The zero-order chi connectivity index (χ0) is 19.0. The van der Waals surface area contributed by atoms with Crippen LogP contribution in [-0.4, -0.2) is 54.1 Å². The molecule has 1 heterocycles. The van der Waals surface area contributed by atoms with Gasteiger partial charge in [0, 0.05) is 5.38 Å². The quantitative estimate of drug-likeness (QED) is 0.318. The summed E-state index contributed by atoms with van der Waals surface area (Å²) in [6, 6.07) is 0. The Morgan fingerprint density at radius 1 is 1.40 bits per heavy atom. The van der Waals surface area contributed by atoms with Crippen LogP contribution in [-0.2, 0) is 23.8 Å². The minimum Gasteiger partial charge on any atom is -0.543 e. The molecule has 134 valence electrons. The van der Waals surface area contributed by atoms with Crippen molar-refractivity contribution in [3.63, 3.8) is 0 Å². The Morgan fingerprint density at radius 2 is 2.08 bits per heavy atom. The molecule has 0 saturated carbocycles. The van der Waals surface area contributed by atoms with Gasteiger partial charge in [-0.3, -0.25) is 10.1 Å². The molecule has 12 heteroatoms. The number of aromatic nitrogens is 1. The third kappa shape index (κ3) is 7.66. The third-order valence-corrected chi connectivity index (χ3v) is 3.00. The second-order valence-electron chi connectivity index (χ2n) is 5.48. The summed E-state index contributed by atoms with van der Waals surface area (Å²) in [4.78, 5) is 42.4. The number of carboxylic acid groups (broad SMARTS) is 1. The number of amides is 1. The number of carbonyl (C=O) groups excluding carboxylic acids is 2. The summed E-state index contributed by atoms with van der Waals surface area (Å²) >= 11 is 0.984. The van der Waals surface area contributed by atoms with Crippen LogP contribution in [0.5, 0.6) is 0 Å². The van der Waals surface area contributed by atoms with Gasteiger partial charge in [-0.25, -0.2) is 14.6 Å². The van der Waals surface area contributed by atoms with E-state index in [1.807, 2.05) is 0 Å². The number of thiazole rings is 1. The molecule has 2 N–H and O–H groups in total. The van der Waals surface area contributed by atoms with E-state index in [9.17, 15) is 14.4 Å². The van der Waals surface area contributed by atoms with Crippen LogP contribution in [0.2, 0.25) is 0 Å². The average Bonchev–Trinajstić information content (AvgIpc) is 2.92. The molecule has 0 saturated heterocycles. The molecule has 0 aliphatic rings. The summed E-state index contributed by atoms with van der Waals surface area (Å²) in [7, 11) is 4.65. The molecular weight excluding hydrogens is 353 g/mol. The maximum Gasteiger partial charge on any atom is 0.413 e. The Labute approximate surface area is 148 Å². The number of carbonyl (C=O) groups is 3. The van der Waals surface area contributed by atoms with E-state index in [2.05, 4.69) is 28.2 Å². The largest absolute Gasteiger partial charge is 0.543 e. The number of anilines is 1. The van der Waals surface area contributed by atoms with E-state index in [1.54, 1.807) is 20.8 Å². The van der Waals surface area contributed by atoms with E-state index < -0.39 is 29.3 Å². The zero-order valence-electron chi connectivity index (χ0n) is 13.8. The van der Waals surface area contributed by atoms with Crippen LogP contribution < -0.4 is 5.32 Å². The highest BCUT2D eigenvalue weighted by Gasteiger charge is 2.20. The standard InChI is InChI=1S/C13H16BN3O7S/c1-13(2,3)23-12(21)16-11-15-7(6-25-11)9(10(19)20)17-22-5-4-8(18)24-14/h6H,4-5H2,1-3H3,(H,19,20)(H,15,16,21)/b17-9-. The van der Waals surface area contributed by atoms with Crippen molar-refractivity contribution < 1.29 is 33.7 Å². The number of aliphatic carboxylic acids is 1. The number of nitrogens with one attached hydrogen (secondary N) is 1. The van der Waals surface area contributed by atoms with E-state index in [1.165, 1.54) is 5.38 Å². The first kappa shape index (κ1) is 20.4. The molecule has 0 fully saturated rings. The molecule has 1 amide bonds. The van der Waals surface area contributed by atoms with Gasteiger partial charge in [-0.05, 0) is 20.8 Å². The van der Waals surface area contributed by atoms with E-state index in [4.69, 9.17) is 14.7 Å². The maximum absolute atomic E-state index is 11.7. The molecule has 0 aliphatic heterocycles. The summed E-state index contributed by atoms with van der Waals surface area (Å²) < 4.78 is 8.98. The molecule has 0 spiro atoms. The Balaban J connectivity index is 2.73. The second-order valence-corrected chi connectivity index (χ2v) is 6.34. The van der Waals surface area contributed by atoms with Crippen LogP contribution in [0.3, 0.4) is 0 Å². The molecule has 0 unspecified atom stereocenters. The second kappa shape index (κ2) is 9.01. The van der Waals surface area contributed by atoms with Crippen LogP contribution in [0.1, 0.15) is 32.9 Å². The lowest BCUT2D eigenvalue weighted by Gasteiger charge is -2.18. The van der Waals surface area contributed by atoms with Gasteiger partial charge in [0.15, 0.2) is 5.13 Å². The lowest BCUT2D eigenvalue weighted by molar-refractivity contribution is -0.135. The monoisotopic (exact) mass is 369 g/mol. The fraction of sp³-hybridized carbons (Fsp3) is 0.462.